The molecule has 1 amide bonds. The number of nitrogens with one attached hydrogen (secondary N) is 2. The van der Waals surface area contributed by atoms with Gasteiger partial charge in [0.2, 0.25) is 0 Å². The monoisotopic (exact) mass is 320 g/mol. The van der Waals surface area contributed by atoms with Crippen molar-refractivity contribution in [3.8, 4) is 0 Å². The van der Waals surface area contributed by atoms with Crippen molar-refractivity contribution in [2.45, 2.75) is 6.54 Å². The first-order chi connectivity index (χ1) is 10.6. The summed E-state index contributed by atoms with van der Waals surface area (Å²) in [5.41, 5.74) is 7.15. The van der Waals surface area contributed by atoms with Crippen LogP contribution in [0.5, 0.6) is 0 Å². The lowest BCUT2D eigenvalue weighted by Gasteiger charge is -2.06. The highest BCUT2D eigenvalue weighted by atomic mass is 35.5. The number of carbonyl (C=O) groups excluding carboxylic acids is 1. The van der Waals surface area contributed by atoms with Gasteiger partial charge in [0.1, 0.15) is 23.2 Å². The molecule has 0 atom stereocenters. The molecule has 3 aromatic rings. The zero-order valence-electron chi connectivity index (χ0n) is 11.1. The van der Waals surface area contributed by atoms with E-state index in [4.69, 9.17) is 17.3 Å². The van der Waals surface area contributed by atoms with Crippen LogP contribution < -0.4 is 11.1 Å². The third-order valence-corrected chi connectivity index (χ3v) is 3.32. The van der Waals surface area contributed by atoms with Gasteiger partial charge < -0.3 is 11.1 Å². The topological polar surface area (TPSA) is 110 Å². The summed E-state index contributed by atoms with van der Waals surface area (Å²) in [4.78, 5) is 20.1. The number of H-pyrrole nitrogens is 1. The van der Waals surface area contributed by atoms with Crippen LogP contribution in [0.3, 0.4) is 0 Å². The highest BCUT2D eigenvalue weighted by Gasteiger charge is 2.16. The largest absolute Gasteiger partial charge is 0.380 e. The molecule has 2 aromatic heterocycles. The Morgan fingerprint density at radius 2 is 2.23 bits per heavy atom. The van der Waals surface area contributed by atoms with Crippen LogP contribution in [-0.4, -0.2) is 26.1 Å². The predicted octanol–water partition coefficient (Wildman–Crippen LogP) is 1.66. The van der Waals surface area contributed by atoms with Crippen LogP contribution in [0.25, 0.3) is 11.0 Å². The van der Waals surface area contributed by atoms with E-state index < -0.39 is 11.7 Å². The van der Waals surface area contributed by atoms with Gasteiger partial charge in [0.15, 0.2) is 11.5 Å². The molecule has 112 valence electrons. The minimum atomic E-state index is -0.512. The average molecular weight is 321 g/mol. The molecule has 7 nitrogen and oxygen atoms in total. The lowest BCUT2D eigenvalue weighted by Crippen LogP contribution is -2.24. The van der Waals surface area contributed by atoms with Crippen LogP contribution in [0.4, 0.5) is 10.2 Å². The van der Waals surface area contributed by atoms with Crippen LogP contribution in [0, 0.1) is 5.82 Å². The number of hydrogen-bond acceptors (Lipinski definition) is 5. The average Bonchev–Trinajstić information content (AvgIpc) is 2.90. The molecular weight excluding hydrogens is 311 g/mol. The number of carbonyl (C=O) groups is 1. The highest BCUT2D eigenvalue weighted by Crippen LogP contribution is 2.18. The van der Waals surface area contributed by atoms with Crippen molar-refractivity contribution in [1.82, 2.24) is 25.5 Å². The smallest absolute Gasteiger partial charge is 0.272 e. The van der Waals surface area contributed by atoms with Crippen LogP contribution in [0.2, 0.25) is 5.02 Å². The van der Waals surface area contributed by atoms with E-state index in [1.807, 2.05) is 0 Å². The lowest BCUT2D eigenvalue weighted by molar-refractivity contribution is 0.0947. The molecule has 2 heterocycles. The number of nitrogen functional groups attached to an aromatic ring is 1. The first kappa shape index (κ1) is 14.2. The van der Waals surface area contributed by atoms with Crippen molar-refractivity contribution in [2.75, 3.05) is 5.73 Å². The number of aromatic amines is 1. The Hall–Kier alpha value is -2.74. The van der Waals surface area contributed by atoms with Gasteiger partial charge in [0.05, 0.1) is 5.02 Å². The van der Waals surface area contributed by atoms with Crippen LogP contribution in [-0.2, 0) is 6.54 Å². The zero-order chi connectivity index (χ0) is 15.7. The van der Waals surface area contributed by atoms with Gasteiger partial charge >= 0.3 is 0 Å². The molecule has 0 aliphatic carbocycles. The van der Waals surface area contributed by atoms with Crippen molar-refractivity contribution in [3.63, 3.8) is 0 Å². The summed E-state index contributed by atoms with van der Waals surface area (Å²) in [7, 11) is 0. The van der Waals surface area contributed by atoms with Gasteiger partial charge in [-0.25, -0.2) is 14.4 Å². The van der Waals surface area contributed by atoms with Gasteiger partial charge in [-0.05, 0) is 17.7 Å². The lowest BCUT2D eigenvalue weighted by atomic mass is 10.2. The number of aromatic nitrogens is 4. The van der Waals surface area contributed by atoms with E-state index in [1.54, 1.807) is 0 Å². The molecule has 0 saturated carbocycles. The fourth-order valence-corrected chi connectivity index (χ4v) is 2.15. The number of amides is 1. The van der Waals surface area contributed by atoms with Crippen molar-refractivity contribution in [1.29, 1.82) is 0 Å². The Bertz CT molecular complexity index is 865. The van der Waals surface area contributed by atoms with Crippen molar-refractivity contribution in [3.05, 3.63) is 46.6 Å². The van der Waals surface area contributed by atoms with E-state index in [2.05, 4.69) is 25.5 Å². The molecule has 0 saturated heterocycles. The summed E-state index contributed by atoms with van der Waals surface area (Å²) in [6, 6.07) is 4.22. The number of rotatable bonds is 3. The Kier molecular flexibility index (Phi) is 3.60. The second-order valence-corrected chi connectivity index (χ2v) is 4.89. The van der Waals surface area contributed by atoms with Gasteiger partial charge in [-0.3, -0.25) is 9.89 Å². The molecule has 9 heteroatoms. The van der Waals surface area contributed by atoms with Crippen LogP contribution >= 0.6 is 11.6 Å². The summed E-state index contributed by atoms with van der Waals surface area (Å²) in [6.45, 7) is 0.175. The quantitative estimate of drug-likeness (QED) is 0.680. The minimum Gasteiger partial charge on any atom is -0.380 e. The zero-order valence-corrected chi connectivity index (χ0v) is 11.9. The summed E-state index contributed by atoms with van der Waals surface area (Å²) in [6.07, 6.45) is 1.23. The van der Waals surface area contributed by atoms with Crippen LogP contribution in [0.1, 0.15) is 16.1 Å². The third kappa shape index (κ3) is 2.56. The van der Waals surface area contributed by atoms with Crippen molar-refractivity contribution >= 4 is 34.4 Å². The minimum absolute atomic E-state index is 0.00230. The van der Waals surface area contributed by atoms with Gasteiger partial charge in [-0.1, -0.05) is 17.7 Å². The molecule has 0 spiro atoms. The summed E-state index contributed by atoms with van der Waals surface area (Å²) >= 11 is 5.69. The SMILES string of the molecule is Nc1n[nH]c2c(C(=O)NCc3ccc(F)c(Cl)c3)ncnc12. The summed E-state index contributed by atoms with van der Waals surface area (Å²) < 4.78 is 13.1. The fraction of sp³-hybridized carbons (Fsp3) is 0.0769. The molecule has 22 heavy (non-hydrogen) atoms. The predicted molar refractivity (Wildman–Crippen MR) is 78.7 cm³/mol. The second kappa shape index (κ2) is 5.57. The standard InChI is InChI=1S/C13H10ClFN6O/c14-7-3-6(1-2-8(7)15)4-17-13(22)11-9-10(18-5-19-11)12(16)21-20-9/h1-3,5H,4H2,(H,17,22)(H3,16,20,21). The molecule has 0 aliphatic rings. The second-order valence-electron chi connectivity index (χ2n) is 4.49. The van der Waals surface area contributed by atoms with E-state index in [0.29, 0.717) is 16.6 Å². The Morgan fingerprint density at radius 1 is 1.41 bits per heavy atom. The maximum Gasteiger partial charge on any atom is 0.272 e. The van der Waals surface area contributed by atoms with E-state index in [1.165, 1.54) is 24.5 Å². The maximum absolute atomic E-state index is 13.1. The Labute approximate surface area is 128 Å². The number of hydrogen-bond donors (Lipinski definition) is 3. The number of anilines is 1. The molecule has 1 aromatic carbocycles. The summed E-state index contributed by atoms with van der Waals surface area (Å²) in [5.74, 6) is -0.754. The number of nitrogens with two attached hydrogens (primary N) is 1. The Morgan fingerprint density at radius 3 is 3.00 bits per heavy atom. The van der Waals surface area contributed by atoms with E-state index >= 15 is 0 Å². The normalized spacial score (nSPS) is 10.8. The molecule has 0 bridgehead atoms. The molecule has 0 aliphatic heterocycles. The number of fused-ring (bicyclic) bond motifs is 1. The van der Waals surface area contributed by atoms with Gasteiger partial charge in [-0.15, -0.1) is 0 Å². The molecule has 0 fully saturated rings. The number of nitrogens with zero attached hydrogens (tertiary/aromatic N) is 3. The van der Waals surface area contributed by atoms with Gasteiger partial charge in [-0.2, -0.15) is 5.10 Å². The number of halogens is 2. The van der Waals surface area contributed by atoms with E-state index in [9.17, 15) is 9.18 Å². The van der Waals surface area contributed by atoms with Gasteiger partial charge in [0, 0.05) is 6.54 Å². The van der Waals surface area contributed by atoms with Crippen molar-refractivity contribution < 1.29 is 9.18 Å². The highest BCUT2D eigenvalue weighted by molar-refractivity contribution is 6.30. The summed E-state index contributed by atoms with van der Waals surface area (Å²) in [5, 5.41) is 9.07. The maximum atomic E-state index is 13.1. The molecular formula is C13H10ClFN6O. The van der Waals surface area contributed by atoms with E-state index in [0.717, 1.165) is 0 Å². The first-order valence-corrected chi connectivity index (χ1v) is 6.60. The third-order valence-electron chi connectivity index (χ3n) is 3.03. The Balaban J connectivity index is 1.80. The fourth-order valence-electron chi connectivity index (χ4n) is 1.94. The van der Waals surface area contributed by atoms with E-state index in [-0.39, 0.29) is 23.1 Å². The van der Waals surface area contributed by atoms with Crippen molar-refractivity contribution in [2.24, 2.45) is 0 Å². The number of benzene rings is 1. The van der Waals surface area contributed by atoms with Gasteiger partial charge in [0.25, 0.3) is 5.91 Å². The molecule has 4 N–H and O–H groups in total. The van der Waals surface area contributed by atoms with Crippen LogP contribution in [0.15, 0.2) is 24.5 Å². The first-order valence-electron chi connectivity index (χ1n) is 6.23. The molecule has 0 unspecified atom stereocenters. The molecule has 0 radical (unpaired) electrons. The molecule has 3 rings (SSSR count).